The van der Waals surface area contributed by atoms with Crippen molar-refractivity contribution < 1.29 is 9.53 Å². The summed E-state index contributed by atoms with van der Waals surface area (Å²) in [5.41, 5.74) is 4.97. The second-order valence-corrected chi connectivity index (χ2v) is 8.68. The Kier molecular flexibility index (Phi) is 8.33. The van der Waals surface area contributed by atoms with Crippen LogP contribution < -0.4 is 10.6 Å². The highest BCUT2D eigenvalue weighted by Crippen LogP contribution is 2.16. The van der Waals surface area contributed by atoms with Gasteiger partial charge in [0.1, 0.15) is 0 Å². The Morgan fingerprint density at radius 1 is 0.939 bits per heavy atom. The fourth-order valence-corrected chi connectivity index (χ4v) is 4.40. The molecule has 176 valence electrons. The summed E-state index contributed by atoms with van der Waals surface area (Å²) in [5.74, 6) is 1.04. The largest absolute Gasteiger partial charge is 0.379 e. The number of rotatable bonds is 8. The van der Waals surface area contributed by atoms with Gasteiger partial charge in [0.2, 0.25) is 5.91 Å². The number of hydrogen-bond acceptors (Lipinski definition) is 4. The van der Waals surface area contributed by atoms with Gasteiger partial charge in [-0.05, 0) is 28.7 Å². The number of nitrogens with zero attached hydrogens (tertiary/aromatic N) is 3. The van der Waals surface area contributed by atoms with Crippen LogP contribution in [-0.4, -0.2) is 61.6 Å². The van der Waals surface area contributed by atoms with Gasteiger partial charge >= 0.3 is 0 Å². The molecule has 2 fully saturated rings. The molecule has 4 rings (SSSR count). The highest BCUT2D eigenvalue weighted by atomic mass is 16.5. The van der Waals surface area contributed by atoms with E-state index in [1.807, 2.05) is 4.90 Å². The fourth-order valence-electron chi connectivity index (χ4n) is 4.40. The summed E-state index contributed by atoms with van der Waals surface area (Å²) in [6.45, 7) is 7.49. The van der Waals surface area contributed by atoms with Gasteiger partial charge < -0.3 is 20.3 Å². The van der Waals surface area contributed by atoms with Crippen molar-refractivity contribution in [3.63, 3.8) is 0 Å². The number of guanidine groups is 1. The standard InChI is InChI=1S/C26H35N5O2/c1-27-26(28-17-21-6-4-7-22(16-21)19-31-11-5-10-25(31)32)29-18-23-8-2-3-9-24(23)20-30-12-14-33-15-13-30/h2-4,6-9,16H,5,10-15,17-20H2,1H3,(H2,27,28,29). The topological polar surface area (TPSA) is 69.2 Å². The molecule has 0 aromatic heterocycles. The number of benzene rings is 2. The van der Waals surface area contributed by atoms with Gasteiger partial charge in [0, 0.05) is 59.3 Å². The van der Waals surface area contributed by atoms with Crippen LogP contribution >= 0.6 is 0 Å². The number of carbonyl (C=O) groups is 1. The molecule has 33 heavy (non-hydrogen) atoms. The number of likely N-dealkylation sites (tertiary alicyclic amines) is 1. The third kappa shape index (κ3) is 6.79. The van der Waals surface area contributed by atoms with E-state index in [4.69, 9.17) is 4.74 Å². The van der Waals surface area contributed by atoms with Crippen molar-refractivity contribution in [2.45, 2.75) is 39.0 Å². The van der Waals surface area contributed by atoms with E-state index >= 15 is 0 Å². The number of amides is 1. The average Bonchev–Trinajstić information content (AvgIpc) is 3.25. The number of carbonyl (C=O) groups excluding carboxylic acids is 1. The van der Waals surface area contributed by atoms with Crippen LogP contribution in [0.15, 0.2) is 53.5 Å². The first kappa shape index (κ1) is 23.3. The van der Waals surface area contributed by atoms with Crippen molar-refractivity contribution in [1.29, 1.82) is 0 Å². The predicted molar refractivity (Wildman–Crippen MR) is 131 cm³/mol. The quantitative estimate of drug-likeness (QED) is 0.479. The minimum absolute atomic E-state index is 0.261. The number of ether oxygens (including phenoxy) is 1. The van der Waals surface area contributed by atoms with E-state index in [2.05, 4.69) is 69.1 Å². The summed E-state index contributed by atoms with van der Waals surface area (Å²) >= 11 is 0. The smallest absolute Gasteiger partial charge is 0.222 e. The molecule has 2 aliphatic heterocycles. The molecular formula is C26H35N5O2. The summed E-state index contributed by atoms with van der Waals surface area (Å²) in [6.07, 6.45) is 1.65. The molecular weight excluding hydrogens is 414 g/mol. The predicted octanol–water partition coefficient (Wildman–Crippen LogP) is 2.51. The Labute approximate surface area is 196 Å². The van der Waals surface area contributed by atoms with E-state index < -0.39 is 0 Å². The number of morpholine rings is 1. The monoisotopic (exact) mass is 449 g/mol. The normalized spacial score (nSPS) is 17.4. The second-order valence-electron chi connectivity index (χ2n) is 8.68. The van der Waals surface area contributed by atoms with Gasteiger partial charge in [-0.3, -0.25) is 14.7 Å². The lowest BCUT2D eigenvalue weighted by atomic mass is 10.1. The summed E-state index contributed by atoms with van der Waals surface area (Å²) in [7, 11) is 1.80. The number of aliphatic imine (C=N–C) groups is 1. The Morgan fingerprint density at radius 3 is 2.45 bits per heavy atom. The van der Waals surface area contributed by atoms with E-state index in [0.717, 1.165) is 58.3 Å². The van der Waals surface area contributed by atoms with Crippen molar-refractivity contribution >= 4 is 11.9 Å². The molecule has 1 amide bonds. The molecule has 0 atom stereocenters. The molecule has 2 aromatic rings. The van der Waals surface area contributed by atoms with Gasteiger partial charge in [-0.2, -0.15) is 0 Å². The van der Waals surface area contributed by atoms with E-state index in [-0.39, 0.29) is 5.91 Å². The summed E-state index contributed by atoms with van der Waals surface area (Å²) < 4.78 is 5.47. The Bertz CT molecular complexity index is 955. The minimum atomic E-state index is 0.261. The molecule has 2 aliphatic rings. The van der Waals surface area contributed by atoms with Gasteiger partial charge in [-0.15, -0.1) is 0 Å². The molecule has 2 heterocycles. The minimum Gasteiger partial charge on any atom is -0.379 e. The maximum absolute atomic E-state index is 11.9. The zero-order valence-electron chi connectivity index (χ0n) is 19.6. The Balaban J connectivity index is 1.29. The van der Waals surface area contributed by atoms with Crippen LogP contribution in [-0.2, 0) is 35.7 Å². The molecule has 0 spiro atoms. The molecule has 0 unspecified atom stereocenters. The summed E-state index contributed by atoms with van der Waals surface area (Å²) in [5, 5.41) is 6.87. The lowest BCUT2D eigenvalue weighted by Crippen LogP contribution is -2.37. The molecule has 2 saturated heterocycles. The average molecular weight is 450 g/mol. The first-order valence-corrected chi connectivity index (χ1v) is 11.9. The maximum atomic E-state index is 11.9. The lowest BCUT2D eigenvalue weighted by molar-refractivity contribution is -0.128. The molecule has 2 aromatic carbocycles. The molecule has 7 heteroatoms. The Morgan fingerprint density at radius 2 is 1.70 bits per heavy atom. The SMILES string of the molecule is CN=C(NCc1cccc(CN2CCCC2=O)c1)NCc1ccccc1CN1CCOCC1. The van der Waals surface area contributed by atoms with Crippen LogP contribution in [0.5, 0.6) is 0 Å². The van der Waals surface area contributed by atoms with Crippen molar-refractivity contribution in [2.24, 2.45) is 4.99 Å². The van der Waals surface area contributed by atoms with Gasteiger partial charge in [0.15, 0.2) is 5.96 Å². The highest BCUT2D eigenvalue weighted by Gasteiger charge is 2.20. The van der Waals surface area contributed by atoms with Gasteiger partial charge in [0.05, 0.1) is 13.2 Å². The molecule has 7 nitrogen and oxygen atoms in total. The zero-order chi connectivity index (χ0) is 22.9. The number of hydrogen-bond donors (Lipinski definition) is 2. The molecule has 0 aliphatic carbocycles. The molecule has 0 saturated carbocycles. The third-order valence-electron chi connectivity index (χ3n) is 6.28. The van der Waals surface area contributed by atoms with Crippen molar-refractivity contribution in [1.82, 2.24) is 20.4 Å². The van der Waals surface area contributed by atoms with E-state index in [0.29, 0.717) is 19.5 Å². The third-order valence-corrected chi connectivity index (χ3v) is 6.28. The lowest BCUT2D eigenvalue weighted by Gasteiger charge is -2.27. The van der Waals surface area contributed by atoms with Crippen LogP contribution in [0.4, 0.5) is 0 Å². The van der Waals surface area contributed by atoms with Crippen LogP contribution in [0.2, 0.25) is 0 Å². The van der Waals surface area contributed by atoms with E-state index in [1.54, 1.807) is 7.05 Å². The van der Waals surface area contributed by atoms with Gasteiger partial charge in [-0.1, -0.05) is 48.5 Å². The van der Waals surface area contributed by atoms with Gasteiger partial charge in [0.25, 0.3) is 0 Å². The first-order chi connectivity index (χ1) is 16.2. The van der Waals surface area contributed by atoms with Crippen LogP contribution in [0.25, 0.3) is 0 Å². The zero-order valence-corrected chi connectivity index (χ0v) is 19.6. The molecule has 0 radical (unpaired) electrons. The Hall–Kier alpha value is -2.90. The first-order valence-electron chi connectivity index (χ1n) is 11.9. The summed E-state index contributed by atoms with van der Waals surface area (Å²) in [6, 6.07) is 17.0. The summed E-state index contributed by atoms with van der Waals surface area (Å²) in [4.78, 5) is 20.7. The van der Waals surface area contributed by atoms with Crippen molar-refractivity contribution in [3.05, 3.63) is 70.8 Å². The molecule has 0 bridgehead atoms. The second kappa shape index (κ2) is 11.8. The van der Waals surface area contributed by atoms with E-state index in [9.17, 15) is 4.79 Å². The van der Waals surface area contributed by atoms with Crippen molar-refractivity contribution in [2.75, 3.05) is 39.9 Å². The fraction of sp³-hybridized carbons (Fsp3) is 0.462. The highest BCUT2D eigenvalue weighted by molar-refractivity contribution is 5.79. The molecule has 2 N–H and O–H groups in total. The van der Waals surface area contributed by atoms with Crippen LogP contribution in [0.1, 0.15) is 35.1 Å². The van der Waals surface area contributed by atoms with Crippen LogP contribution in [0, 0.1) is 0 Å². The van der Waals surface area contributed by atoms with Crippen molar-refractivity contribution in [3.8, 4) is 0 Å². The van der Waals surface area contributed by atoms with Crippen LogP contribution in [0.3, 0.4) is 0 Å². The van der Waals surface area contributed by atoms with E-state index in [1.165, 1.54) is 22.3 Å². The maximum Gasteiger partial charge on any atom is 0.222 e. The number of nitrogens with one attached hydrogen (secondary N) is 2. The van der Waals surface area contributed by atoms with Gasteiger partial charge in [-0.25, -0.2) is 0 Å².